The van der Waals surface area contributed by atoms with E-state index in [1.54, 1.807) is 7.11 Å². The lowest BCUT2D eigenvalue weighted by atomic mass is 10.3. The van der Waals surface area contributed by atoms with E-state index >= 15 is 0 Å². The maximum atomic E-state index is 11.7. The first-order valence-electron chi connectivity index (χ1n) is 6.03. The predicted molar refractivity (Wildman–Crippen MR) is 82.2 cm³/mol. The third-order valence-electron chi connectivity index (χ3n) is 2.85. The van der Waals surface area contributed by atoms with Gasteiger partial charge < -0.3 is 15.4 Å². The number of benzene rings is 1. The van der Waals surface area contributed by atoms with Gasteiger partial charge in [0.25, 0.3) is 0 Å². The van der Waals surface area contributed by atoms with Gasteiger partial charge in [-0.1, -0.05) is 15.9 Å². The highest BCUT2D eigenvalue weighted by Crippen LogP contribution is 2.28. The molecule has 1 amide bonds. The Balaban J connectivity index is 0.00000180. The second-order valence-corrected chi connectivity index (χ2v) is 5.38. The van der Waals surface area contributed by atoms with Gasteiger partial charge in [0, 0.05) is 4.47 Å². The number of carbonyl (C=O) groups excluding carboxylic acids is 1. The summed E-state index contributed by atoms with van der Waals surface area (Å²) in [6.07, 6.45) is 2.57. The van der Waals surface area contributed by atoms with Crippen LogP contribution in [-0.4, -0.2) is 26.1 Å². The molecule has 2 rings (SSSR count). The summed E-state index contributed by atoms with van der Waals surface area (Å²) in [6, 6.07) is 5.52. The van der Waals surface area contributed by atoms with Gasteiger partial charge in [-0.3, -0.25) is 4.79 Å². The lowest BCUT2D eigenvalue weighted by Gasteiger charge is -2.11. The van der Waals surface area contributed by atoms with Crippen LogP contribution in [0.15, 0.2) is 22.7 Å². The predicted octanol–water partition coefficient (Wildman–Crippen LogP) is 2.82. The Kier molecular flexibility index (Phi) is 6.62. The maximum absolute atomic E-state index is 11.7. The smallest absolute Gasteiger partial charge is 0.238 e. The van der Waals surface area contributed by atoms with Gasteiger partial charge in [0.05, 0.1) is 19.3 Å². The summed E-state index contributed by atoms with van der Waals surface area (Å²) in [6.45, 7) is 1.27. The Hall–Kier alpha value is -0.780. The molecule has 1 aromatic carbocycles. The van der Waals surface area contributed by atoms with E-state index in [1.807, 2.05) is 18.2 Å². The summed E-state index contributed by atoms with van der Waals surface area (Å²) >= 11 is 3.37. The maximum Gasteiger partial charge on any atom is 0.238 e. The van der Waals surface area contributed by atoms with Crippen molar-refractivity contribution in [3.8, 4) is 5.75 Å². The van der Waals surface area contributed by atoms with Gasteiger partial charge in [-0.15, -0.1) is 12.4 Å². The van der Waals surface area contributed by atoms with Crippen molar-refractivity contribution in [1.29, 1.82) is 0 Å². The number of halogens is 2. The first kappa shape index (κ1) is 16.3. The molecule has 106 valence electrons. The van der Waals surface area contributed by atoms with Gasteiger partial charge >= 0.3 is 0 Å². The summed E-state index contributed by atoms with van der Waals surface area (Å²) in [7, 11) is 1.59. The van der Waals surface area contributed by atoms with Crippen molar-refractivity contribution in [3.05, 3.63) is 22.7 Å². The van der Waals surface area contributed by atoms with Crippen molar-refractivity contribution in [2.45, 2.75) is 12.8 Å². The van der Waals surface area contributed by atoms with Crippen LogP contribution >= 0.6 is 28.3 Å². The molecule has 4 nitrogen and oxygen atoms in total. The average Bonchev–Trinajstić information content (AvgIpc) is 3.13. The number of methoxy groups -OCH3 is 1. The van der Waals surface area contributed by atoms with Crippen molar-refractivity contribution >= 4 is 39.9 Å². The molecule has 0 saturated heterocycles. The van der Waals surface area contributed by atoms with Crippen LogP contribution in [0.5, 0.6) is 5.75 Å². The van der Waals surface area contributed by atoms with E-state index in [2.05, 4.69) is 26.6 Å². The molecular formula is C13H18BrClN2O2. The third-order valence-corrected chi connectivity index (χ3v) is 3.34. The average molecular weight is 350 g/mol. The monoisotopic (exact) mass is 348 g/mol. The molecule has 1 aliphatic carbocycles. The fraction of sp³-hybridized carbons (Fsp3) is 0.462. The highest BCUT2D eigenvalue weighted by Gasteiger charge is 2.20. The molecule has 1 aromatic rings. The molecular weight excluding hydrogens is 332 g/mol. The number of nitrogens with one attached hydrogen (secondary N) is 2. The Labute approximate surface area is 127 Å². The van der Waals surface area contributed by atoms with E-state index in [1.165, 1.54) is 12.8 Å². The van der Waals surface area contributed by atoms with Crippen LogP contribution in [0.25, 0.3) is 0 Å². The Morgan fingerprint density at radius 3 is 2.84 bits per heavy atom. The summed E-state index contributed by atoms with van der Waals surface area (Å²) < 4.78 is 6.10. The van der Waals surface area contributed by atoms with E-state index in [-0.39, 0.29) is 18.3 Å². The minimum atomic E-state index is -0.0490. The largest absolute Gasteiger partial charge is 0.495 e. The second kappa shape index (κ2) is 7.72. The van der Waals surface area contributed by atoms with Gasteiger partial charge in [-0.05, 0) is 43.5 Å². The van der Waals surface area contributed by atoms with Crippen LogP contribution in [0.3, 0.4) is 0 Å². The number of anilines is 1. The zero-order valence-corrected chi connectivity index (χ0v) is 13.1. The first-order valence-corrected chi connectivity index (χ1v) is 6.82. The standard InChI is InChI=1S/C13H17BrN2O2.ClH/c1-18-12-5-4-10(14)6-11(12)16-13(17)8-15-7-9-2-3-9;/h4-6,9,15H,2-3,7-8H2,1H3,(H,16,17);1H. The molecule has 6 heteroatoms. The molecule has 0 heterocycles. The summed E-state index contributed by atoms with van der Waals surface area (Å²) in [5.74, 6) is 1.39. The molecule has 2 N–H and O–H groups in total. The quantitative estimate of drug-likeness (QED) is 0.830. The topological polar surface area (TPSA) is 50.4 Å². The molecule has 1 fully saturated rings. The zero-order chi connectivity index (χ0) is 13.0. The lowest BCUT2D eigenvalue weighted by molar-refractivity contribution is -0.115. The fourth-order valence-corrected chi connectivity index (χ4v) is 2.05. The van der Waals surface area contributed by atoms with Crippen LogP contribution in [0.2, 0.25) is 0 Å². The first-order chi connectivity index (χ1) is 8.69. The summed E-state index contributed by atoms with van der Waals surface area (Å²) in [5.41, 5.74) is 0.685. The number of amides is 1. The highest BCUT2D eigenvalue weighted by atomic mass is 79.9. The molecule has 0 aromatic heterocycles. The van der Waals surface area contributed by atoms with Crippen LogP contribution < -0.4 is 15.4 Å². The highest BCUT2D eigenvalue weighted by molar-refractivity contribution is 9.10. The summed E-state index contributed by atoms with van der Waals surface area (Å²) in [4.78, 5) is 11.7. The summed E-state index contributed by atoms with van der Waals surface area (Å²) in [5, 5.41) is 5.99. The van der Waals surface area contributed by atoms with Gasteiger partial charge in [0.15, 0.2) is 0 Å². The van der Waals surface area contributed by atoms with Crippen molar-refractivity contribution in [1.82, 2.24) is 5.32 Å². The van der Waals surface area contributed by atoms with E-state index in [0.29, 0.717) is 18.0 Å². The van der Waals surface area contributed by atoms with Gasteiger partial charge in [-0.2, -0.15) is 0 Å². The minimum Gasteiger partial charge on any atom is -0.495 e. The normalized spacial score (nSPS) is 13.6. The van der Waals surface area contributed by atoms with Crippen LogP contribution in [0, 0.1) is 5.92 Å². The van der Waals surface area contributed by atoms with Crippen molar-refractivity contribution in [2.75, 3.05) is 25.5 Å². The van der Waals surface area contributed by atoms with E-state index in [9.17, 15) is 4.79 Å². The molecule has 19 heavy (non-hydrogen) atoms. The molecule has 0 unspecified atom stereocenters. The van der Waals surface area contributed by atoms with Gasteiger partial charge in [0.1, 0.15) is 5.75 Å². The van der Waals surface area contributed by atoms with Crippen molar-refractivity contribution in [2.24, 2.45) is 5.92 Å². The SMILES string of the molecule is COc1ccc(Br)cc1NC(=O)CNCC1CC1.Cl. The molecule has 1 saturated carbocycles. The number of ether oxygens (including phenoxy) is 1. The number of hydrogen-bond donors (Lipinski definition) is 2. The Morgan fingerprint density at radius 1 is 1.47 bits per heavy atom. The molecule has 0 bridgehead atoms. The molecule has 1 aliphatic rings. The molecule has 0 atom stereocenters. The van der Waals surface area contributed by atoms with Crippen molar-refractivity contribution in [3.63, 3.8) is 0 Å². The minimum absolute atomic E-state index is 0. The fourth-order valence-electron chi connectivity index (χ4n) is 1.68. The Bertz CT molecular complexity index is 439. The third kappa shape index (κ3) is 5.38. The van der Waals surface area contributed by atoms with Crippen LogP contribution in [0.1, 0.15) is 12.8 Å². The van der Waals surface area contributed by atoms with E-state index in [4.69, 9.17) is 4.74 Å². The zero-order valence-electron chi connectivity index (χ0n) is 10.7. The Morgan fingerprint density at radius 2 is 2.21 bits per heavy atom. The number of carbonyl (C=O) groups is 1. The van der Waals surface area contributed by atoms with E-state index in [0.717, 1.165) is 16.9 Å². The molecule has 0 spiro atoms. The van der Waals surface area contributed by atoms with Gasteiger partial charge in [0.2, 0.25) is 5.91 Å². The number of hydrogen-bond acceptors (Lipinski definition) is 3. The van der Waals surface area contributed by atoms with Crippen LogP contribution in [-0.2, 0) is 4.79 Å². The lowest BCUT2D eigenvalue weighted by Crippen LogP contribution is -2.29. The van der Waals surface area contributed by atoms with Crippen LogP contribution in [0.4, 0.5) is 5.69 Å². The number of rotatable bonds is 6. The molecule has 0 aliphatic heterocycles. The van der Waals surface area contributed by atoms with Crippen molar-refractivity contribution < 1.29 is 9.53 Å². The van der Waals surface area contributed by atoms with Gasteiger partial charge in [-0.25, -0.2) is 0 Å². The van der Waals surface area contributed by atoms with E-state index < -0.39 is 0 Å². The molecule has 0 radical (unpaired) electrons. The second-order valence-electron chi connectivity index (χ2n) is 4.47.